The monoisotopic (exact) mass is 296 g/mol. The molecular formula is C14H20N2OS2. The first kappa shape index (κ1) is 14.6. The molecule has 1 unspecified atom stereocenters. The summed E-state index contributed by atoms with van der Waals surface area (Å²) in [5.74, 6) is 0. The molecule has 1 atom stereocenters. The van der Waals surface area contributed by atoms with Crippen molar-refractivity contribution in [3.63, 3.8) is 0 Å². The molecule has 0 saturated heterocycles. The first-order valence-electron chi connectivity index (χ1n) is 6.34. The summed E-state index contributed by atoms with van der Waals surface area (Å²) in [4.78, 5) is 10.2. The van der Waals surface area contributed by atoms with Crippen molar-refractivity contribution in [1.82, 2.24) is 9.97 Å². The minimum atomic E-state index is -0.558. The second-order valence-electron chi connectivity index (χ2n) is 5.80. The van der Waals surface area contributed by atoms with Gasteiger partial charge in [0.05, 0.1) is 21.4 Å². The molecule has 0 fully saturated rings. The zero-order valence-corrected chi connectivity index (χ0v) is 13.7. The normalized spacial score (nSPS) is 13.8. The number of aromatic nitrogens is 2. The van der Waals surface area contributed by atoms with Crippen molar-refractivity contribution in [3.05, 3.63) is 31.7 Å². The molecule has 2 rings (SSSR count). The zero-order valence-electron chi connectivity index (χ0n) is 12.0. The van der Waals surface area contributed by atoms with Gasteiger partial charge in [-0.3, -0.25) is 0 Å². The van der Waals surface area contributed by atoms with Crippen LogP contribution in [0.1, 0.15) is 53.2 Å². The first-order chi connectivity index (χ1) is 8.77. The molecule has 2 heterocycles. The standard InChI is InChI=1S/C14H20N2OS2/c1-8-9(2)19-12(15-8)6-11(17)10-7-18-13(16-10)14(3,4)5/h7,11,17H,6H2,1-5H3. The number of aryl methyl sites for hydroxylation is 2. The predicted molar refractivity (Wildman–Crippen MR) is 81.1 cm³/mol. The highest BCUT2D eigenvalue weighted by Gasteiger charge is 2.21. The molecule has 0 saturated carbocycles. The Bertz CT molecular complexity index is 547. The maximum absolute atomic E-state index is 10.3. The predicted octanol–water partition coefficient (Wildman–Crippen LogP) is 3.79. The van der Waals surface area contributed by atoms with E-state index < -0.39 is 6.10 Å². The Morgan fingerprint density at radius 2 is 1.95 bits per heavy atom. The fourth-order valence-electron chi connectivity index (χ4n) is 1.68. The van der Waals surface area contributed by atoms with Gasteiger partial charge in [0.1, 0.15) is 6.10 Å². The quantitative estimate of drug-likeness (QED) is 0.937. The van der Waals surface area contributed by atoms with Crippen molar-refractivity contribution >= 4 is 22.7 Å². The van der Waals surface area contributed by atoms with E-state index in [-0.39, 0.29) is 5.41 Å². The van der Waals surface area contributed by atoms with Crippen LogP contribution in [0.3, 0.4) is 0 Å². The Kier molecular flexibility index (Phi) is 4.08. The van der Waals surface area contributed by atoms with E-state index in [9.17, 15) is 5.11 Å². The average Bonchev–Trinajstić information content (AvgIpc) is 2.86. The van der Waals surface area contributed by atoms with E-state index >= 15 is 0 Å². The molecule has 5 heteroatoms. The van der Waals surface area contributed by atoms with Crippen LogP contribution in [-0.2, 0) is 11.8 Å². The topological polar surface area (TPSA) is 46.0 Å². The third kappa shape index (κ3) is 3.41. The number of aliphatic hydroxyl groups excluding tert-OH is 1. The third-order valence-corrected chi connectivity index (χ3v) is 5.33. The van der Waals surface area contributed by atoms with Gasteiger partial charge in [-0.15, -0.1) is 22.7 Å². The minimum absolute atomic E-state index is 0.0387. The highest BCUT2D eigenvalue weighted by Crippen LogP contribution is 2.29. The SMILES string of the molecule is Cc1nc(CC(O)c2csc(C(C)(C)C)n2)sc1C. The van der Waals surface area contributed by atoms with Crippen LogP contribution >= 0.6 is 22.7 Å². The Hall–Kier alpha value is -0.780. The minimum Gasteiger partial charge on any atom is -0.386 e. The summed E-state index contributed by atoms with van der Waals surface area (Å²) in [6, 6.07) is 0. The van der Waals surface area contributed by atoms with Crippen LogP contribution in [-0.4, -0.2) is 15.1 Å². The van der Waals surface area contributed by atoms with Gasteiger partial charge in [-0.05, 0) is 13.8 Å². The van der Waals surface area contributed by atoms with E-state index in [4.69, 9.17) is 0 Å². The molecule has 0 radical (unpaired) electrons. The summed E-state index contributed by atoms with van der Waals surface area (Å²) in [6.07, 6.45) is -0.00978. The van der Waals surface area contributed by atoms with Crippen molar-refractivity contribution in [3.8, 4) is 0 Å². The largest absolute Gasteiger partial charge is 0.386 e. The summed E-state index contributed by atoms with van der Waals surface area (Å²) in [7, 11) is 0. The number of rotatable bonds is 3. The van der Waals surface area contributed by atoms with E-state index in [0.717, 1.165) is 21.4 Å². The van der Waals surface area contributed by atoms with Gasteiger partial charge in [0.2, 0.25) is 0 Å². The van der Waals surface area contributed by atoms with E-state index in [1.165, 1.54) is 4.88 Å². The zero-order chi connectivity index (χ0) is 14.2. The molecule has 0 aliphatic heterocycles. The molecule has 19 heavy (non-hydrogen) atoms. The molecule has 2 aromatic rings. The van der Waals surface area contributed by atoms with E-state index in [0.29, 0.717) is 6.42 Å². The van der Waals surface area contributed by atoms with E-state index in [1.807, 2.05) is 12.3 Å². The number of thiazole rings is 2. The fourth-order valence-corrected chi connectivity index (χ4v) is 3.60. The molecule has 0 amide bonds. The molecule has 2 aromatic heterocycles. The molecule has 104 valence electrons. The molecule has 1 N–H and O–H groups in total. The molecular weight excluding hydrogens is 276 g/mol. The van der Waals surface area contributed by atoms with Gasteiger partial charge in [-0.1, -0.05) is 20.8 Å². The van der Waals surface area contributed by atoms with Crippen LogP contribution in [0.15, 0.2) is 5.38 Å². The van der Waals surface area contributed by atoms with Crippen LogP contribution in [0, 0.1) is 13.8 Å². The van der Waals surface area contributed by atoms with Gasteiger partial charge in [-0.25, -0.2) is 9.97 Å². The van der Waals surface area contributed by atoms with Crippen molar-refractivity contribution in [2.45, 2.75) is 52.6 Å². The van der Waals surface area contributed by atoms with Gasteiger partial charge >= 0.3 is 0 Å². The summed E-state index contributed by atoms with van der Waals surface area (Å²) < 4.78 is 0. The second-order valence-corrected chi connectivity index (χ2v) is 7.94. The van der Waals surface area contributed by atoms with Gasteiger partial charge in [0, 0.05) is 22.1 Å². The lowest BCUT2D eigenvalue weighted by molar-refractivity contribution is 0.174. The van der Waals surface area contributed by atoms with Gasteiger partial charge < -0.3 is 5.11 Å². The van der Waals surface area contributed by atoms with Gasteiger partial charge in [0.25, 0.3) is 0 Å². The van der Waals surface area contributed by atoms with Gasteiger partial charge in [-0.2, -0.15) is 0 Å². The van der Waals surface area contributed by atoms with Crippen LogP contribution < -0.4 is 0 Å². The third-order valence-electron chi connectivity index (χ3n) is 2.95. The molecule has 0 bridgehead atoms. The van der Waals surface area contributed by atoms with E-state index in [1.54, 1.807) is 22.7 Å². The van der Waals surface area contributed by atoms with E-state index in [2.05, 4.69) is 37.7 Å². The second kappa shape index (κ2) is 5.31. The Morgan fingerprint density at radius 3 is 2.42 bits per heavy atom. The lowest BCUT2D eigenvalue weighted by atomic mass is 9.98. The lowest BCUT2D eigenvalue weighted by Crippen LogP contribution is -2.11. The van der Waals surface area contributed by atoms with Crippen molar-refractivity contribution < 1.29 is 5.11 Å². The van der Waals surface area contributed by atoms with Crippen molar-refractivity contribution in [1.29, 1.82) is 0 Å². The summed E-state index contributed by atoms with van der Waals surface area (Å²) >= 11 is 3.27. The Balaban J connectivity index is 2.12. The molecule has 0 aliphatic rings. The highest BCUT2D eigenvalue weighted by molar-refractivity contribution is 7.11. The molecule has 0 spiro atoms. The average molecular weight is 296 g/mol. The van der Waals surface area contributed by atoms with Crippen LogP contribution in [0.2, 0.25) is 0 Å². The summed E-state index contributed by atoms with van der Waals surface area (Å²) in [5, 5.41) is 14.3. The lowest BCUT2D eigenvalue weighted by Gasteiger charge is -2.14. The fraction of sp³-hybridized carbons (Fsp3) is 0.571. The Labute approximate surface area is 122 Å². The number of aliphatic hydroxyl groups is 1. The first-order valence-corrected chi connectivity index (χ1v) is 8.04. The van der Waals surface area contributed by atoms with Crippen LogP contribution in [0.4, 0.5) is 0 Å². The molecule has 0 aromatic carbocycles. The number of hydrogen-bond donors (Lipinski definition) is 1. The highest BCUT2D eigenvalue weighted by atomic mass is 32.1. The van der Waals surface area contributed by atoms with Gasteiger partial charge in [0.15, 0.2) is 0 Å². The summed E-state index contributed by atoms with van der Waals surface area (Å²) in [6.45, 7) is 10.5. The number of nitrogens with zero attached hydrogens (tertiary/aromatic N) is 2. The van der Waals surface area contributed by atoms with Crippen LogP contribution in [0.5, 0.6) is 0 Å². The van der Waals surface area contributed by atoms with Crippen molar-refractivity contribution in [2.24, 2.45) is 0 Å². The van der Waals surface area contributed by atoms with Crippen molar-refractivity contribution in [2.75, 3.05) is 0 Å². The molecule has 3 nitrogen and oxygen atoms in total. The maximum Gasteiger partial charge on any atom is 0.103 e. The number of hydrogen-bond acceptors (Lipinski definition) is 5. The smallest absolute Gasteiger partial charge is 0.103 e. The maximum atomic E-state index is 10.3. The Morgan fingerprint density at radius 1 is 1.26 bits per heavy atom. The molecule has 0 aliphatic carbocycles. The summed E-state index contributed by atoms with van der Waals surface area (Å²) in [5.41, 5.74) is 1.86. The van der Waals surface area contributed by atoms with Crippen LogP contribution in [0.25, 0.3) is 0 Å².